The first-order valence-electron chi connectivity index (χ1n) is 6.81. The van der Waals surface area contributed by atoms with E-state index in [4.69, 9.17) is 4.74 Å². The molecule has 0 radical (unpaired) electrons. The molecule has 1 aromatic heterocycles. The quantitative estimate of drug-likeness (QED) is 0.876. The summed E-state index contributed by atoms with van der Waals surface area (Å²) >= 11 is 0. The number of rotatable bonds is 4. The minimum absolute atomic E-state index is 0.00522. The topological polar surface area (TPSA) is 59.4 Å². The van der Waals surface area contributed by atoms with Gasteiger partial charge in [-0.1, -0.05) is 6.92 Å². The van der Waals surface area contributed by atoms with E-state index in [1.165, 1.54) is 0 Å². The standard InChI is InChI=1S/C13H22N4O2/c1-3-12-10-17(6-7-19-12)13(18)14-5-4-11-8-15-16(2)9-11/h8-9,12H,3-7,10H2,1-2H3,(H,14,18). The van der Waals surface area contributed by atoms with E-state index >= 15 is 0 Å². The first kappa shape index (κ1) is 13.9. The van der Waals surface area contributed by atoms with Crippen molar-refractivity contribution in [3.8, 4) is 0 Å². The molecular formula is C13H22N4O2. The number of hydrogen-bond donors (Lipinski definition) is 1. The molecule has 1 fully saturated rings. The van der Waals surface area contributed by atoms with Gasteiger partial charge in [0.15, 0.2) is 0 Å². The number of nitrogens with zero attached hydrogens (tertiary/aromatic N) is 3. The maximum Gasteiger partial charge on any atom is 0.317 e. The summed E-state index contributed by atoms with van der Waals surface area (Å²) in [5.74, 6) is 0. The van der Waals surface area contributed by atoms with Crippen LogP contribution >= 0.6 is 0 Å². The Morgan fingerprint density at radius 3 is 3.16 bits per heavy atom. The Bertz CT molecular complexity index is 419. The van der Waals surface area contributed by atoms with Crippen LogP contribution in [0.4, 0.5) is 4.79 Å². The van der Waals surface area contributed by atoms with Crippen LogP contribution in [0.25, 0.3) is 0 Å². The van der Waals surface area contributed by atoms with Crippen molar-refractivity contribution in [3.63, 3.8) is 0 Å². The van der Waals surface area contributed by atoms with Gasteiger partial charge in [0.1, 0.15) is 0 Å². The van der Waals surface area contributed by atoms with Crippen molar-refractivity contribution in [1.29, 1.82) is 0 Å². The van der Waals surface area contributed by atoms with Crippen molar-refractivity contribution in [1.82, 2.24) is 20.0 Å². The predicted octanol–water partition coefficient (Wildman–Crippen LogP) is 0.783. The molecule has 0 saturated carbocycles. The molecule has 1 aromatic rings. The zero-order chi connectivity index (χ0) is 13.7. The lowest BCUT2D eigenvalue weighted by atomic mass is 10.2. The summed E-state index contributed by atoms with van der Waals surface area (Å²) < 4.78 is 7.32. The molecule has 1 atom stereocenters. The molecule has 6 heteroatoms. The Morgan fingerprint density at radius 1 is 1.63 bits per heavy atom. The normalized spacial score (nSPS) is 19.5. The van der Waals surface area contributed by atoms with Gasteiger partial charge in [0.05, 0.1) is 18.9 Å². The third kappa shape index (κ3) is 3.96. The minimum Gasteiger partial charge on any atom is -0.375 e. The average molecular weight is 266 g/mol. The monoisotopic (exact) mass is 266 g/mol. The highest BCUT2D eigenvalue weighted by Gasteiger charge is 2.22. The number of nitrogens with one attached hydrogen (secondary N) is 1. The molecule has 6 nitrogen and oxygen atoms in total. The molecule has 2 amide bonds. The fourth-order valence-electron chi connectivity index (χ4n) is 2.18. The van der Waals surface area contributed by atoms with Crippen LogP contribution in [0.15, 0.2) is 12.4 Å². The summed E-state index contributed by atoms with van der Waals surface area (Å²) in [7, 11) is 1.89. The first-order chi connectivity index (χ1) is 9.19. The summed E-state index contributed by atoms with van der Waals surface area (Å²) in [5, 5.41) is 7.05. The molecule has 1 aliphatic rings. The van der Waals surface area contributed by atoms with Crippen LogP contribution in [0.1, 0.15) is 18.9 Å². The number of aryl methyl sites for hydroxylation is 1. The summed E-state index contributed by atoms with van der Waals surface area (Å²) in [6.45, 7) is 4.71. The Kier molecular flexibility index (Phi) is 4.79. The Morgan fingerprint density at radius 2 is 2.47 bits per heavy atom. The Labute approximate surface area is 113 Å². The molecule has 1 unspecified atom stereocenters. The molecule has 106 valence electrons. The molecule has 0 aromatic carbocycles. The first-order valence-corrected chi connectivity index (χ1v) is 6.81. The molecule has 19 heavy (non-hydrogen) atoms. The molecule has 2 rings (SSSR count). The molecule has 0 bridgehead atoms. The van der Waals surface area contributed by atoms with Crippen molar-refractivity contribution in [2.75, 3.05) is 26.2 Å². The molecule has 0 aliphatic carbocycles. The zero-order valence-corrected chi connectivity index (χ0v) is 11.6. The third-order valence-corrected chi connectivity index (χ3v) is 3.33. The molecule has 1 saturated heterocycles. The van der Waals surface area contributed by atoms with Gasteiger partial charge in [0, 0.05) is 32.9 Å². The summed E-state index contributed by atoms with van der Waals surface area (Å²) in [5.41, 5.74) is 1.14. The van der Waals surface area contributed by atoms with Crippen LogP contribution in [0.5, 0.6) is 0 Å². The van der Waals surface area contributed by atoms with E-state index in [-0.39, 0.29) is 12.1 Å². The number of morpholine rings is 1. The van der Waals surface area contributed by atoms with Gasteiger partial charge in [-0.2, -0.15) is 5.10 Å². The van der Waals surface area contributed by atoms with E-state index in [2.05, 4.69) is 17.3 Å². The molecule has 2 heterocycles. The Balaban J connectivity index is 1.72. The second kappa shape index (κ2) is 6.56. The van der Waals surface area contributed by atoms with Gasteiger partial charge < -0.3 is 15.0 Å². The minimum atomic E-state index is 0.00522. The van der Waals surface area contributed by atoms with E-state index in [0.717, 1.165) is 18.4 Å². The van der Waals surface area contributed by atoms with E-state index in [1.807, 2.05) is 24.3 Å². The highest BCUT2D eigenvalue weighted by Crippen LogP contribution is 2.08. The van der Waals surface area contributed by atoms with Gasteiger partial charge in [-0.3, -0.25) is 4.68 Å². The maximum atomic E-state index is 12.0. The number of ether oxygens (including phenoxy) is 1. The predicted molar refractivity (Wildman–Crippen MR) is 71.9 cm³/mol. The lowest BCUT2D eigenvalue weighted by molar-refractivity contribution is -0.0153. The number of aromatic nitrogens is 2. The van der Waals surface area contributed by atoms with Crippen LogP contribution in [0, 0.1) is 0 Å². The third-order valence-electron chi connectivity index (χ3n) is 3.33. The number of hydrogen-bond acceptors (Lipinski definition) is 3. The van der Waals surface area contributed by atoms with Gasteiger partial charge in [-0.05, 0) is 18.4 Å². The lowest BCUT2D eigenvalue weighted by Crippen LogP contribution is -2.49. The van der Waals surface area contributed by atoms with Crippen molar-refractivity contribution < 1.29 is 9.53 Å². The van der Waals surface area contributed by atoms with Gasteiger partial charge in [0.2, 0.25) is 0 Å². The van der Waals surface area contributed by atoms with Gasteiger partial charge in [0.25, 0.3) is 0 Å². The van der Waals surface area contributed by atoms with Crippen LogP contribution in [0.2, 0.25) is 0 Å². The van der Waals surface area contributed by atoms with Gasteiger partial charge in [-0.15, -0.1) is 0 Å². The second-order valence-electron chi connectivity index (χ2n) is 4.85. The van der Waals surface area contributed by atoms with Crippen LogP contribution in [-0.2, 0) is 18.2 Å². The largest absolute Gasteiger partial charge is 0.375 e. The molecule has 1 aliphatic heterocycles. The SMILES string of the molecule is CCC1CN(C(=O)NCCc2cnn(C)c2)CCO1. The highest BCUT2D eigenvalue weighted by atomic mass is 16.5. The van der Waals surface area contributed by atoms with Crippen molar-refractivity contribution in [3.05, 3.63) is 18.0 Å². The number of carbonyl (C=O) groups is 1. The number of amides is 2. The van der Waals surface area contributed by atoms with Crippen molar-refractivity contribution in [2.24, 2.45) is 7.05 Å². The van der Waals surface area contributed by atoms with Gasteiger partial charge in [-0.25, -0.2) is 4.79 Å². The average Bonchev–Trinajstić information content (AvgIpc) is 2.84. The van der Waals surface area contributed by atoms with Crippen molar-refractivity contribution in [2.45, 2.75) is 25.9 Å². The molecular weight excluding hydrogens is 244 g/mol. The molecule has 0 spiro atoms. The fraction of sp³-hybridized carbons (Fsp3) is 0.692. The summed E-state index contributed by atoms with van der Waals surface area (Å²) in [6.07, 6.45) is 5.72. The maximum absolute atomic E-state index is 12.0. The van der Waals surface area contributed by atoms with E-state index in [1.54, 1.807) is 4.68 Å². The van der Waals surface area contributed by atoms with Crippen molar-refractivity contribution >= 4 is 6.03 Å². The van der Waals surface area contributed by atoms with Crippen LogP contribution in [0.3, 0.4) is 0 Å². The summed E-state index contributed by atoms with van der Waals surface area (Å²) in [6, 6.07) is 0.00522. The van der Waals surface area contributed by atoms with E-state index in [0.29, 0.717) is 26.2 Å². The van der Waals surface area contributed by atoms with E-state index in [9.17, 15) is 4.79 Å². The highest BCUT2D eigenvalue weighted by molar-refractivity contribution is 5.74. The number of urea groups is 1. The molecule has 1 N–H and O–H groups in total. The summed E-state index contributed by atoms with van der Waals surface area (Å²) in [4.78, 5) is 13.8. The van der Waals surface area contributed by atoms with Crippen LogP contribution in [-0.4, -0.2) is 53.1 Å². The van der Waals surface area contributed by atoms with Crippen LogP contribution < -0.4 is 5.32 Å². The lowest BCUT2D eigenvalue weighted by Gasteiger charge is -2.32. The van der Waals surface area contributed by atoms with Gasteiger partial charge >= 0.3 is 6.03 Å². The number of carbonyl (C=O) groups excluding carboxylic acids is 1. The second-order valence-corrected chi connectivity index (χ2v) is 4.85. The van der Waals surface area contributed by atoms with E-state index < -0.39 is 0 Å². The fourth-order valence-corrected chi connectivity index (χ4v) is 2.18. The smallest absolute Gasteiger partial charge is 0.317 e. The zero-order valence-electron chi connectivity index (χ0n) is 11.6. The Hall–Kier alpha value is -1.56.